The SMILES string of the molecule is CC1NNC(=NCc2ccccc2)C1C. The van der Waals surface area contributed by atoms with E-state index in [0.29, 0.717) is 12.0 Å². The average molecular weight is 203 g/mol. The van der Waals surface area contributed by atoms with Gasteiger partial charge >= 0.3 is 0 Å². The average Bonchev–Trinajstić information content (AvgIpc) is 2.59. The Morgan fingerprint density at radius 2 is 1.93 bits per heavy atom. The Morgan fingerprint density at radius 3 is 2.53 bits per heavy atom. The number of hydrogen-bond acceptors (Lipinski definition) is 2. The van der Waals surface area contributed by atoms with Crippen LogP contribution in [-0.2, 0) is 6.54 Å². The normalized spacial score (nSPS) is 28.0. The molecule has 1 aromatic rings. The third kappa shape index (κ3) is 2.36. The molecule has 1 saturated heterocycles. The molecule has 1 aromatic carbocycles. The van der Waals surface area contributed by atoms with E-state index < -0.39 is 0 Å². The Hall–Kier alpha value is -1.35. The fraction of sp³-hybridized carbons (Fsp3) is 0.417. The maximum absolute atomic E-state index is 4.57. The van der Waals surface area contributed by atoms with Gasteiger partial charge in [0.25, 0.3) is 0 Å². The van der Waals surface area contributed by atoms with Crippen molar-refractivity contribution in [2.45, 2.75) is 26.4 Å². The third-order valence-electron chi connectivity index (χ3n) is 2.88. The molecule has 0 aromatic heterocycles. The van der Waals surface area contributed by atoms with Gasteiger partial charge < -0.3 is 5.43 Å². The molecule has 2 rings (SSSR count). The van der Waals surface area contributed by atoms with Crippen LogP contribution >= 0.6 is 0 Å². The van der Waals surface area contributed by atoms with Gasteiger partial charge in [-0.2, -0.15) is 0 Å². The molecular formula is C12H17N3. The van der Waals surface area contributed by atoms with Crippen molar-refractivity contribution in [3.8, 4) is 0 Å². The summed E-state index contributed by atoms with van der Waals surface area (Å²) in [7, 11) is 0. The summed E-state index contributed by atoms with van der Waals surface area (Å²) in [6.07, 6.45) is 0. The molecule has 0 spiro atoms. The van der Waals surface area contributed by atoms with Crippen LogP contribution in [0.15, 0.2) is 35.3 Å². The molecular weight excluding hydrogens is 186 g/mol. The van der Waals surface area contributed by atoms with Gasteiger partial charge in [-0.1, -0.05) is 37.3 Å². The van der Waals surface area contributed by atoms with Gasteiger partial charge in [-0.25, -0.2) is 5.43 Å². The Kier molecular flexibility index (Phi) is 3.02. The molecule has 1 aliphatic heterocycles. The first kappa shape index (κ1) is 10.2. The van der Waals surface area contributed by atoms with Crippen LogP contribution in [0.4, 0.5) is 0 Å². The highest BCUT2D eigenvalue weighted by Crippen LogP contribution is 2.10. The molecule has 2 N–H and O–H groups in total. The lowest BCUT2D eigenvalue weighted by Gasteiger charge is -2.05. The van der Waals surface area contributed by atoms with Crippen molar-refractivity contribution in [3.63, 3.8) is 0 Å². The van der Waals surface area contributed by atoms with Gasteiger partial charge in [0.1, 0.15) is 5.84 Å². The Bertz CT molecular complexity index is 345. The highest BCUT2D eigenvalue weighted by molar-refractivity contribution is 5.86. The van der Waals surface area contributed by atoms with E-state index in [1.54, 1.807) is 0 Å². The molecule has 1 heterocycles. The highest BCUT2D eigenvalue weighted by atomic mass is 15.4. The fourth-order valence-electron chi connectivity index (χ4n) is 1.61. The summed E-state index contributed by atoms with van der Waals surface area (Å²) < 4.78 is 0. The van der Waals surface area contributed by atoms with E-state index in [-0.39, 0.29) is 0 Å². The molecule has 3 nitrogen and oxygen atoms in total. The lowest BCUT2D eigenvalue weighted by Crippen LogP contribution is -2.29. The molecule has 80 valence electrons. The summed E-state index contributed by atoms with van der Waals surface area (Å²) in [4.78, 5) is 4.57. The van der Waals surface area contributed by atoms with Gasteiger partial charge in [0.05, 0.1) is 6.54 Å². The number of rotatable bonds is 2. The molecule has 0 bridgehead atoms. The number of amidine groups is 1. The molecule has 1 aliphatic rings. The number of aliphatic imine (C=N–C) groups is 1. The van der Waals surface area contributed by atoms with Gasteiger partial charge in [0.15, 0.2) is 0 Å². The van der Waals surface area contributed by atoms with Gasteiger partial charge in [0, 0.05) is 12.0 Å². The van der Waals surface area contributed by atoms with E-state index in [1.807, 2.05) is 18.2 Å². The van der Waals surface area contributed by atoms with E-state index in [1.165, 1.54) is 5.56 Å². The van der Waals surface area contributed by atoms with E-state index in [9.17, 15) is 0 Å². The van der Waals surface area contributed by atoms with Gasteiger partial charge in [0.2, 0.25) is 0 Å². The summed E-state index contributed by atoms with van der Waals surface area (Å²) >= 11 is 0. The first-order valence-corrected chi connectivity index (χ1v) is 5.37. The predicted molar refractivity (Wildman–Crippen MR) is 62.5 cm³/mol. The van der Waals surface area contributed by atoms with Crippen LogP contribution in [-0.4, -0.2) is 11.9 Å². The third-order valence-corrected chi connectivity index (χ3v) is 2.88. The zero-order chi connectivity index (χ0) is 10.7. The zero-order valence-corrected chi connectivity index (χ0v) is 9.20. The number of hydrazine groups is 1. The summed E-state index contributed by atoms with van der Waals surface area (Å²) in [5, 5.41) is 0. The standard InChI is InChI=1S/C12H17N3/c1-9-10(2)14-15-12(9)13-8-11-6-4-3-5-7-11/h3-7,9-10,14H,8H2,1-2H3,(H,13,15). The second-order valence-corrected chi connectivity index (χ2v) is 4.03. The summed E-state index contributed by atoms with van der Waals surface area (Å²) in [6.45, 7) is 5.09. The second kappa shape index (κ2) is 4.45. The fourth-order valence-corrected chi connectivity index (χ4v) is 1.61. The van der Waals surface area contributed by atoms with Crippen molar-refractivity contribution in [1.82, 2.24) is 10.9 Å². The minimum atomic E-state index is 0.458. The quantitative estimate of drug-likeness (QED) is 0.767. The monoisotopic (exact) mass is 203 g/mol. The zero-order valence-electron chi connectivity index (χ0n) is 9.20. The molecule has 1 fully saturated rings. The van der Waals surface area contributed by atoms with Crippen molar-refractivity contribution < 1.29 is 0 Å². The molecule has 3 heteroatoms. The van der Waals surface area contributed by atoms with Crippen LogP contribution in [0.3, 0.4) is 0 Å². The maximum atomic E-state index is 4.57. The number of benzene rings is 1. The minimum Gasteiger partial charge on any atom is -0.309 e. The molecule has 0 amide bonds. The Labute approximate surface area is 90.6 Å². The van der Waals surface area contributed by atoms with E-state index >= 15 is 0 Å². The number of nitrogens with zero attached hydrogens (tertiary/aromatic N) is 1. The lowest BCUT2D eigenvalue weighted by atomic mass is 10.1. The molecule has 0 radical (unpaired) electrons. The predicted octanol–water partition coefficient (Wildman–Crippen LogP) is 1.72. The number of hydrogen-bond donors (Lipinski definition) is 2. The van der Waals surface area contributed by atoms with Crippen LogP contribution in [0.25, 0.3) is 0 Å². The van der Waals surface area contributed by atoms with Gasteiger partial charge in [-0.05, 0) is 12.5 Å². The van der Waals surface area contributed by atoms with Crippen LogP contribution in [0.1, 0.15) is 19.4 Å². The number of nitrogens with one attached hydrogen (secondary N) is 2. The summed E-state index contributed by atoms with van der Waals surface area (Å²) in [5.74, 6) is 1.53. The Balaban J connectivity index is 2.00. The largest absolute Gasteiger partial charge is 0.309 e. The van der Waals surface area contributed by atoms with E-state index in [4.69, 9.17) is 0 Å². The highest BCUT2D eigenvalue weighted by Gasteiger charge is 2.24. The minimum absolute atomic E-state index is 0.458. The summed E-state index contributed by atoms with van der Waals surface area (Å²) in [6, 6.07) is 10.8. The van der Waals surface area contributed by atoms with Crippen LogP contribution in [0.2, 0.25) is 0 Å². The molecule has 0 aliphatic carbocycles. The maximum Gasteiger partial charge on any atom is 0.115 e. The van der Waals surface area contributed by atoms with Crippen LogP contribution in [0, 0.1) is 5.92 Å². The van der Waals surface area contributed by atoms with Crippen molar-refractivity contribution in [3.05, 3.63) is 35.9 Å². The first-order valence-electron chi connectivity index (χ1n) is 5.37. The van der Waals surface area contributed by atoms with Crippen molar-refractivity contribution in [1.29, 1.82) is 0 Å². The van der Waals surface area contributed by atoms with E-state index in [0.717, 1.165) is 12.4 Å². The summed E-state index contributed by atoms with van der Waals surface area (Å²) in [5.41, 5.74) is 7.55. The smallest absolute Gasteiger partial charge is 0.115 e. The van der Waals surface area contributed by atoms with Crippen LogP contribution in [0.5, 0.6) is 0 Å². The van der Waals surface area contributed by atoms with Gasteiger partial charge in [-0.3, -0.25) is 4.99 Å². The second-order valence-electron chi connectivity index (χ2n) is 4.03. The van der Waals surface area contributed by atoms with Crippen molar-refractivity contribution in [2.24, 2.45) is 10.9 Å². The van der Waals surface area contributed by atoms with Crippen LogP contribution < -0.4 is 10.9 Å². The lowest BCUT2D eigenvalue weighted by molar-refractivity contribution is 0.532. The molecule has 15 heavy (non-hydrogen) atoms. The van der Waals surface area contributed by atoms with Crippen molar-refractivity contribution >= 4 is 5.84 Å². The molecule has 2 atom stereocenters. The van der Waals surface area contributed by atoms with Crippen molar-refractivity contribution in [2.75, 3.05) is 0 Å². The topological polar surface area (TPSA) is 36.4 Å². The molecule has 0 saturated carbocycles. The Morgan fingerprint density at radius 1 is 1.20 bits per heavy atom. The molecule has 2 unspecified atom stereocenters. The van der Waals surface area contributed by atoms with E-state index in [2.05, 4.69) is 41.8 Å². The first-order chi connectivity index (χ1) is 7.27. The van der Waals surface area contributed by atoms with Gasteiger partial charge in [-0.15, -0.1) is 0 Å².